The second-order valence-electron chi connectivity index (χ2n) is 5.01. The van der Waals surface area contributed by atoms with Gasteiger partial charge in [0.15, 0.2) is 0 Å². The minimum absolute atomic E-state index is 0.0717. The van der Waals surface area contributed by atoms with Crippen molar-refractivity contribution >= 4 is 17.3 Å². The fraction of sp³-hybridized carbons (Fsp3) is 0.500. The second-order valence-corrected chi connectivity index (χ2v) is 6.28. The molecule has 0 spiro atoms. The molecule has 0 fully saturated rings. The van der Waals surface area contributed by atoms with E-state index in [0.29, 0.717) is 11.8 Å². The summed E-state index contributed by atoms with van der Waals surface area (Å²) in [6.07, 6.45) is 1.97. The van der Waals surface area contributed by atoms with Gasteiger partial charge in [-0.25, -0.2) is 9.97 Å². The third-order valence-electron chi connectivity index (χ3n) is 2.54. The minimum Gasteiger partial charge on any atom is -0.475 e. The zero-order chi connectivity index (χ0) is 14.7. The van der Waals surface area contributed by atoms with Crippen LogP contribution >= 0.6 is 11.3 Å². The molecule has 0 bridgehead atoms. The van der Waals surface area contributed by atoms with Gasteiger partial charge >= 0.3 is 0 Å². The maximum Gasteiger partial charge on any atom is 0.226 e. The lowest BCUT2D eigenvalue weighted by molar-refractivity contribution is 0.232. The van der Waals surface area contributed by atoms with Gasteiger partial charge in [0.05, 0.1) is 12.1 Å². The standard InChI is InChI=1S/C14H20N4OS/c1-8(2)19-12-6-9(3)16-14(18-12)17-11(5)13-15-7-10(4)20-13/h6-8,11H,1-5H3,(H,16,17,18). The van der Waals surface area contributed by atoms with Crippen LogP contribution in [0.1, 0.15) is 42.4 Å². The average molecular weight is 292 g/mol. The Bertz CT molecular complexity index is 582. The van der Waals surface area contributed by atoms with Gasteiger partial charge in [-0.05, 0) is 34.6 Å². The quantitative estimate of drug-likeness (QED) is 0.913. The monoisotopic (exact) mass is 292 g/mol. The van der Waals surface area contributed by atoms with Crippen LogP contribution in [0.25, 0.3) is 0 Å². The van der Waals surface area contributed by atoms with Crippen LogP contribution in [0.15, 0.2) is 12.3 Å². The SMILES string of the molecule is Cc1cc(OC(C)C)nc(NC(C)c2ncc(C)s2)n1. The second kappa shape index (κ2) is 6.17. The lowest BCUT2D eigenvalue weighted by atomic mass is 10.3. The number of hydrogen-bond donors (Lipinski definition) is 1. The highest BCUT2D eigenvalue weighted by atomic mass is 32.1. The van der Waals surface area contributed by atoms with E-state index in [9.17, 15) is 0 Å². The molecule has 0 amide bonds. The number of anilines is 1. The van der Waals surface area contributed by atoms with E-state index in [1.165, 1.54) is 4.88 Å². The van der Waals surface area contributed by atoms with Gasteiger partial charge in [0.1, 0.15) is 5.01 Å². The predicted molar refractivity (Wildman–Crippen MR) is 81.4 cm³/mol. The molecule has 1 atom stereocenters. The van der Waals surface area contributed by atoms with Crippen LogP contribution in [-0.2, 0) is 0 Å². The zero-order valence-electron chi connectivity index (χ0n) is 12.5. The lowest BCUT2D eigenvalue weighted by Crippen LogP contribution is -2.12. The molecule has 0 aliphatic rings. The van der Waals surface area contributed by atoms with E-state index >= 15 is 0 Å². The lowest BCUT2D eigenvalue weighted by Gasteiger charge is -2.14. The van der Waals surface area contributed by atoms with Gasteiger partial charge in [-0.1, -0.05) is 0 Å². The maximum atomic E-state index is 5.62. The fourth-order valence-electron chi connectivity index (χ4n) is 1.73. The first-order valence-corrected chi connectivity index (χ1v) is 7.47. The van der Waals surface area contributed by atoms with Crippen molar-refractivity contribution in [2.24, 2.45) is 0 Å². The summed E-state index contributed by atoms with van der Waals surface area (Å²) in [5.41, 5.74) is 0.876. The Labute approximate surface area is 123 Å². The molecule has 2 aromatic rings. The van der Waals surface area contributed by atoms with Gasteiger partial charge in [-0.15, -0.1) is 11.3 Å². The summed E-state index contributed by atoms with van der Waals surface area (Å²) in [5.74, 6) is 1.17. The first-order valence-electron chi connectivity index (χ1n) is 6.65. The van der Waals surface area contributed by atoms with Gasteiger partial charge in [-0.3, -0.25) is 0 Å². The van der Waals surface area contributed by atoms with Crippen molar-refractivity contribution in [1.82, 2.24) is 15.0 Å². The van der Waals surface area contributed by atoms with Crippen LogP contribution in [-0.4, -0.2) is 21.1 Å². The first-order chi connectivity index (χ1) is 9.44. The van der Waals surface area contributed by atoms with E-state index in [1.807, 2.05) is 46.9 Å². The Morgan fingerprint density at radius 1 is 1.20 bits per heavy atom. The van der Waals surface area contributed by atoms with Crippen LogP contribution in [0, 0.1) is 13.8 Å². The van der Waals surface area contributed by atoms with Crippen LogP contribution in [0.3, 0.4) is 0 Å². The molecule has 20 heavy (non-hydrogen) atoms. The van der Waals surface area contributed by atoms with E-state index in [0.717, 1.165) is 10.7 Å². The third-order valence-corrected chi connectivity index (χ3v) is 3.64. The van der Waals surface area contributed by atoms with Crippen molar-refractivity contribution in [3.63, 3.8) is 0 Å². The molecule has 1 N–H and O–H groups in total. The summed E-state index contributed by atoms with van der Waals surface area (Å²) in [6.45, 7) is 9.98. The highest BCUT2D eigenvalue weighted by molar-refractivity contribution is 7.11. The van der Waals surface area contributed by atoms with E-state index < -0.39 is 0 Å². The van der Waals surface area contributed by atoms with Crippen LogP contribution in [0.4, 0.5) is 5.95 Å². The van der Waals surface area contributed by atoms with Crippen molar-refractivity contribution in [2.45, 2.75) is 46.8 Å². The Kier molecular flexibility index (Phi) is 4.54. The number of nitrogens with one attached hydrogen (secondary N) is 1. The predicted octanol–water partition coefficient (Wildman–Crippen LogP) is 3.51. The summed E-state index contributed by atoms with van der Waals surface area (Å²) in [6, 6.07) is 1.91. The topological polar surface area (TPSA) is 59.9 Å². The van der Waals surface area contributed by atoms with Crippen molar-refractivity contribution < 1.29 is 4.74 Å². The Hall–Kier alpha value is -1.69. The third kappa shape index (κ3) is 3.90. The van der Waals surface area contributed by atoms with E-state index in [2.05, 4.69) is 20.3 Å². The van der Waals surface area contributed by atoms with E-state index in [-0.39, 0.29) is 12.1 Å². The van der Waals surface area contributed by atoms with Gasteiger partial charge in [0.25, 0.3) is 0 Å². The summed E-state index contributed by atoms with van der Waals surface area (Å²) in [5, 5.41) is 4.30. The number of ether oxygens (including phenoxy) is 1. The van der Waals surface area contributed by atoms with Gasteiger partial charge in [-0.2, -0.15) is 4.98 Å². The molecule has 0 saturated heterocycles. The zero-order valence-corrected chi connectivity index (χ0v) is 13.3. The number of hydrogen-bond acceptors (Lipinski definition) is 6. The fourth-order valence-corrected chi connectivity index (χ4v) is 2.51. The highest BCUT2D eigenvalue weighted by Crippen LogP contribution is 2.23. The van der Waals surface area contributed by atoms with Crippen molar-refractivity contribution in [3.05, 3.63) is 27.8 Å². The normalized spacial score (nSPS) is 12.5. The van der Waals surface area contributed by atoms with Crippen LogP contribution in [0.5, 0.6) is 5.88 Å². The van der Waals surface area contributed by atoms with E-state index in [1.54, 1.807) is 11.3 Å². The molecule has 1 unspecified atom stereocenters. The smallest absolute Gasteiger partial charge is 0.226 e. The van der Waals surface area contributed by atoms with Crippen LogP contribution < -0.4 is 10.1 Å². The Morgan fingerprint density at radius 3 is 2.55 bits per heavy atom. The molecule has 0 aliphatic carbocycles. The van der Waals surface area contributed by atoms with E-state index in [4.69, 9.17) is 4.74 Å². The maximum absolute atomic E-state index is 5.62. The molecule has 5 nitrogen and oxygen atoms in total. The van der Waals surface area contributed by atoms with Gasteiger partial charge in [0, 0.05) is 22.8 Å². The molecule has 0 aromatic carbocycles. The van der Waals surface area contributed by atoms with Crippen molar-refractivity contribution in [1.29, 1.82) is 0 Å². The number of aromatic nitrogens is 3. The molecule has 0 aliphatic heterocycles. The molecule has 0 radical (unpaired) electrons. The summed E-state index contributed by atoms with van der Waals surface area (Å²) in [4.78, 5) is 14.3. The van der Waals surface area contributed by atoms with Crippen molar-refractivity contribution in [2.75, 3.05) is 5.32 Å². The summed E-state index contributed by atoms with van der Waals surface area (Å²) >= 11 is 1.67. The Morgan fingerprint density at radius 2 is 1.95 bits per heavy atom. The molecular formula is C14H20N4OS. The number of nitrogens with zero attached hydrogens (tertiary/aromatic N) is 3. The molecule has 2 aromatic heterocycles. The Balaban J connectivity index is 2.14. The molecule has 2 rings (SSSR count). The van der Waals surface area contributed by atoms with Gasteiger partial charge in [0.2, 0.25) is 11.8 Å². The largest absolute Gasteiger partial charge is 0.475 e. The molecule has 2 heterocycles. The first kappa shape index (κ1) is 14.7. The summed E-state index contributed by atoms with van der Waals surface area (Å²) < 4.78 is 5.62. The van der Waals surface area contributed by atoms with Crippen molar-refractivity contribution in [3.8, 4) is 5.88 Å². The highest BCUT2D eigenvalue weighted by Gasteiger charge is 2.12. The summed E-state index contributed by atoms with van der Waals surface area (Å²) in [7, 11) is 0. The molecular weight excluding hydrogens is 272 g/mol. The number of rotatable bonds is 5. The van der Waals surface area contributed by atoms with Gasteiger partial charge < -0.3 is 10.1 Å². The number of aryl methyl sites for hydroxylation is 2. The molecule has 108 valence electrons. The molecule has 6 heteroatoms. The minimum atomic E-state index is 0.0717. The van der Waals surface area contributed by atoms with Crippen LogP contribution in [0.2, 0.25) is 0 Å². The number of thiazole rings is 1. The average Bonchev–Trinajstić information content (AvgIpc) is 2.74. The molecule has 0 saturated carbocycles.